The van der Waals surface area contributed by atoms with Gasteiger partial charge in [-0.15, -0.1) is 11.3 Å². The van der Waals surface area contributed by atoms with Crippen molar-refractivity contribution in [2.75, 3.05) is 7.05 Å². The van der Waals surface area contributed by atoms with Crippen LogP contribution in [0, 0.1) is 13.8 Å². The summed E-state index contributed by atoms with van der Waals surface area (Å²) in [6, 6.07) is 11.2. The van der Waals surface area contributed by atoms with Gasteiger partial charge in [-0.25, -0.2) is 0 Å². The highest BCUT2D eigenvalue weighted by molar-refractivity contribution is 7.10. The van der Waals surface area contributed by atoms with Gasteiger partial charge in [0.1, 0.15) is 0 Å². The van der Waals surface area contributed by atoms with Gasteiger partial charge in [0.15, 0.2) is 0 Å². The van der Waals surface area contributed by atoms with E-state index in [1.807, 2.05) is 7.05 Å². The predicted octanol–water partition coefficient (Wildman–Crippen LogP) is 3.67. The van der Waals surface area contributed by atoms with Gasteiger partial charge in [-0.1, -0.05) is 29.8 Å². The zero-order valence-corrected chi connectivity index (χ0v) is 10.8. The van der Waals surface area contributed by atoms with Crippen molar-refractivity contribution in [2.45, 2.75) is 19.9 Å². The van der Waals surface area contributed by atoms with Gasteiger partial charge in [-0.05, 0) is 43.5 Å². The molecule has 2 aromatic rings. The van der Waals surface area contributed by atoms with Gasteiger partial charge in [0, 0.05) is 4.88 Å². The molecule has 0 amide bonds. The van der Waals surface area contributed by atoms with Crippen LogP contribution >= 0.6 is 11.3 Å². The van der Waals surface area contributed by atoms with E-state index in [0.29, 0.717) is 6.04 Å². The van der Waals surface area contributed by atoms with Crippen molar-refractivity contribution in [1.29, 1.82) is 0 Å². The molecule has 0 aliphatic heterocycles. The van der Waals surface area contributed by atoms with Crippen LogP contribution in [-0.4, -0.2) is 7.05 Å². The Labute approximate surface area is 101 Å². The lowest BCUT2D eigenvalue weighted by Crippen LogP contribution is -2.17. The first kappa shape index (κ1) is 11.4. The fraction of sp³-hybridized carbons (Fsp3) is 0.286. The Kier molecular flexibility index (Phi) is 3.42. The molecular weight excluding hydrogens is 214 g/mol. The van der Waals surface area contributed by atoms with Gasteiger partial charge in [0.05, 0.1) is 6.04 Å². The molecule has 1 aromatic heterocycles. The van der Waals surface area contributed by atoms with Crippen LogP contribution in [0.2, 0.25) is 0 Å². The maximum Gasteiger partial charge on any atom is 0.0585 e. The van der Waals surface area contributed by atoms with Gasteiger partial charge in [-0.2, -0.15) is 0 Å². The van der Waals surface area contributed by atoms with E-state index in [1.165, 1.54) is 21.6 Å². The summed E-state index contributed by atoms with van der Waals surface area (Å²) in [5, 5.41) is 5.55. The van der Waals surface area contributed by atoms with Crippen molar-refractivity contribution >= 4 is 11.3 Å². The molecule has 1 N–H and O–H groups in total. The molecule has 0 bridgehead atoms. The molecule has 0 saturated carbocycles. The van der Waals surface area contributed by atoms with Gasteiger partial charge in [-0.3, -0.25) is 0 Å². The zero-order chi connectivity index (χ0) is 11.5. The summed E-state index contributed by atoms with van der Waals surface area (Å²) in [5.74, 6) is 0. The summed E-state index contributed by atoms with van der Waals surface area (Å²) < 4.78 is 0. The van der Waals surface area contributed by atoms with Gasteiger partial charge in [0.25, 0.3) is 0 Å². The molecule has 2 rings (SSSR count). The second-order valence-corrected chi connectivity index (χ2v) is 5.19. The van der Waals surface area contributed by atoms with Crippen molar-refractivity contribution < 1.29 is 0 Å². The molecule has 0 saturated heterocycles. The van der Waals surface area contributed by atoms with Crippen LogP contribution in [0.1, 0.15) is 27.6 Å². The molecule has 0 radical (unpaired) electrons. The molecule has 0 aliphatic carbocycles. The van der Waals surface area contributed by atoms with E-state index < -0.39 is 0 Å². The molecule has 16 heavy (non-hydrogen) atoms. The first-order valence-electron chi connectivity index (χ1n) is 5.50. The standard InChI is InChI=1S/C14H17NS/c1-10-5-4-6-12(9-10)14(15-3)13-7-8-16-11(13)2/h4-9,14-15H,1-3H3. The Bertz CT molecular complexity index is 473. The lowest BCUT2D eigenvalue weighted by Gasteiger charge is -2.17. The molecule has 84 valence electrons. The third-order valence-electron chi connectivity index (χ3n) is 2.87. The van der Waals surface area contributed by atoms with Crippen LogP contribution in [0.25, 0.3) is 0 Å². The van der Waals surface area contributed by atoms with Gasteiger partial charge in [0.2, 0.25) is 0 Å². The van der Waals surface area contributed by atoms with Gasteiger partial charge >= 0.3 is 0 Å². The summed E-state index contributed by atoms with van der Waals surface area (Å²) >= 11 is 1.81. The number of benzene rings is 1. The van der Waals surface area contributed by atoms with Crippen LogP contribution in [0.5, 0.6) is 0 Å². The van der Waals surface area contributed by atoms with Gasteiger partial charge < -0.3 is 5.32 Å². The number of nitrogens with one attached hydrogen (secondary N) is 1. The highest BCUT2D eigenvalue weighted by atomic mass is 32.1. The third kappa shape index (κ3) is 2.18. The summed E-state index contributed by atoms with van der Waals surface area (Å²) in [4.78, 5) is 1.39. The summed E-state index contributed by atoms with van der Waals surface area (Å²) in [6.45, 7) is 4.32. The summed E-state index contributed by atoms with van der Waals surface area (Å²) in [7, 11) is 2.02. The highest BCUT2D eigenvalue weighted by Crippen LogP contribution is 2.28. The minimum atomic E-state index is 0.311. The maximum absolute atomic E-state index is 3.40. The smallest absolute Gasteiger partial charge is 0.0585 e. The molecule has 1 heterocycles. The quantitative estimate of drug-likeness (QED) is 0.850. The van der Waals surface area contributed by atoms with Crippen LogP contribution < -0.4 is 5.32 Å². The first-order chi connectivity index (χ1) is 7.72. The van der Waals surface area contributed by atoms with E-state index >= 15 is 0 Å². The van der Waals surface area contributed by atoms with Crippen molar-refractivity contribution in [3.05, 3.63) is 57.3 Å². The van der Waals surface area contributed by atoms with E-state index in [0.717, 1.165) is 0 Å². The fourth-order valence-corrected chi connectivity index (χ4v) is 2.79. The molecule has 1 aromatic carbocycles. The van der Waals surface area contributed by atoms with E-state index in [-0.39, 0.29) is 0 Å². The van der Waals surface area contributed by atoms with E-state index in [1.54, 1.807) is 11.3 Å². The van der Waals surface area contributed by atoms with Crippen LogP contribution in [0.4, 0.5) is 0 Å². The normalized spacial score (nSPS) is 12.7. The number of rotatable bonds is 3. The molecule has 1 nitrogen and oxygen atoms in total. The Morgan fingerprint density at radius 3 is 2.56 bits per heavy atom. The zero-order valence-electron chi connectivity index (χ0n) is 9.95. The SMILES string of the molecule is CNC(c1cccc(C)c1)c1ccsc1C. The fourth-order valence-electron chi connectivity index (χ4n) is 2.05. The molecule has 0 aliphatic rings. The lowest BCUT2D eigenvalue weighted by atomic mass is 9.98. The first-order valence-corrected chi connectivity index (χ1v) is 6.38. The minimum absolute atomic E-state index is 0.311. The largest absolute Gasteiger partial charge is 0.309 e. The molecular formula is C14H17NS. The highest BCUT2D eigenvalue weighted by Gasteiger charge is 2.14. The number of aryl methyl sites for hydroxylation is 2. The average molecular weight is 231 g/mol. The van der Waals surface area contributed by atoms with Crippen molar-refractivity contribution in [3.63, 3.8) is 0 Å². The van der Waals surface area contributed by atoms with Crippen molar-refractivity contribution in [1.82, 2.24) is 5.32 Å². The Morgan fingerprint density at radius 1 is 1.19 bits per heavy atom. The minimum Gasteiger partial charge on any atom is -0.309 e. The van der Waals surface area contributed by atoms with Crippen molar-refractivity contribution in [3.8, 4) is 0 Å². The topological polar surface area (TPSA) is 12.0 Å². The Hall–Kier alpha value is -1.12. The van der Waals surface area contributed by atoms with Crippen LogP contribution in [0.15, 0.2) is 35.7 Å². The molecule has 2 heteroatoms. The lowest BCUT2D eigenvalue weighted by molar-refractivity contribution is 0.690. The van der Waals surface area contributed by atoms with E-state index in [4.69, 9.17) is 0 Å². The Balaban J connectivity index is 2.40. The average Bonchev–Trinajstić information content (AvgIpc) is 2.67. The van der Waals surface area contributed by atoms with Crippen LogP contribution in [0.3, 0.4) is 0 Å². The molecule has 0 spiro atoms. The monoisotopic (exact) mass is 231 g/mol. The molecule has 1 unspecified atom stereocenters. The third-order valence-corrected chi connectivity index (χ3v) is 3.74. The van der Waals surface area contributed by atoms with Crippen molar-refractivity contribution in [2.24, 2.45) is 0 Å². The second kappa shape index (κ2) is 4.81. The van der Waals surface area contributed by atoms with E-state index in [9.17, 15) is 0 Å². The number of hydrogen-bond donors (Lipinski definition) is 1. The number of thiophene rings is 1. The predicted molar refractivity (Wildman–Crippen MR) is 71.1 cm³/mol. The second-order valence-electron chi connectivity index (χ2n) is 4.07. The summed E-state index contributed by atoms with van der Waals surface area (Å²) in [6.07, 6.45) is 0. The summed E-state index contributed by atoms with van der Waals surface area (Å²) in [5.41, 5.74) is 4.03. The number of hydrogen-bond acceptors (Lipinski definition) is 2. The Morgan fingerprint density at radius 2 is 2.00 bits per heavy atom. The maximum atomic E-state index is 3.40. The molecule has 0 fully saturated rings. The van der Waals surface area contributed by atoms with Crippen LogP contribution in [-0.2, 0) is 0 Å². The van der Waals surface area contributed by atoms with E-state index in [2.05, 4.69) is 54.9 Å². The molecule has 1 atom stereocenters.